The summed E-state index contributed by atoms with van der Waals surface area (Å²) in [5.41, 5.74) is 0.490. The maximum atomic E-state index is 13.7. The molecule has 0 fully saturated rings. The zero-order valence-corrected chi connectivity index (χ0v) is 14.5. The Bertz CT molecular complexity index is 828. The molecule has 8 heteroatoms. The largest absolute Gasteiger partial charge is 0.454 e. The highest BCUT2D eigenvalue weighted by molar-refractivity contribution is 5.96. The standard InChI is InChI=1S/C19H18F2N2O4/c1-12(15-8-7-14(20)9-16(15)21)23-17(24)11-27-18(25)10-22-19(26)13-5-3-2-4-6-13/h2-9,12H,10-11H2,1H3,(H,22,26)(H,23,24)/t12-/m0/s1. The van der Waals surface area contributed by atoms with Crippen molar-refractivity contribution in [2.75, 3.05) is 13.2 Å². The Morgan fingerprint density at radius 1 is 1.07 bits per heavy atom. The Kier molecular flexibility index (Phi) is 6.99. The highest BCUT2D eigenvalue weighted by atomic mass is 19.1. The van der Waals surface area contributed by atoms with Gasteiger partial charge in [0.1, 0.15) is 18.2 Å². The fourth-order valence-corrected chi connectivity index (χ4v) is 2.25. The molecule has 1 atom stereocenters. The Labute approximate surface area is 154 Å². The molecule has 0 aromatic heterocycles. The summed E-state index contributed by atoms with van der Waals surface area (Å²) in [5, 5.41) is 4.81. The minimum Gasteiger partial charge on any atom is -0.454 e. The lowest BCUT2D eigenvalue weighted by Crippen LogP contribution is -2.35. The Morgan fingerprint density at radius 2 is 1.78 bits per heavy atom. The summed E-state index contributed by atoms with van der Waals surface area (Å²) in [5.74, 6) is -3.41. The maximum absolute atomic E-state index is 13.7. The van der Waals surface area contributed by atoms with Gasteiger partial charge >= 0.3 is 5.97 Å². The van der Waals surface area contributed by atoms with Crippen molar-refractivity contribution in [2.45, 2.75) is 13.0 Å². The first kappa shape index (κ1) is 20.0. The van der Waals surface area contributed by atoms with Crippen molar-refractivity contribution in [1.29, 1.82) is 0 Å². The van der Waals surface area contributed by atoms with Crippen LogP contribution in [0, 0.1) is 11.6 Å². The molecule has 0 saturated heterocycles. The van der Waals surface area contributed by atoms with Gasteiger partial charge in [-0.15, -0.1) is 0 Å². The van der Waals surface area contributed by atoms with Crippen molar-refractivity contribution >= 4 is 17.8 Å². The molecule has 0 unspecified atom stereocenters. The van der Waals surface area contributed by atoms with Crippen LogP contribution in [0.15, 0.2) is 48.5 Å². The highest BCUT2D eigenvalue weighted by Crippen LogP contribution is 2.17. The van der Waals surface area contributed by atoms with E-state index in [4.69, 9.17) is 4.74 Å². The molecule has 0 radical (unpaired) electrons. The van der Waals surface area contributed by atoms with Crippen molar-refractivity contribution in [1.82, 2.24) is 10.6 Å². The van der Waals surface area contributed by atoms with Crippen molar-refractivity contribution in [2.24, 2.45) is 0 Å². The number of nitrogens with one attached hydrogen (secondary N) is 2. The van der Waals surface area contributed by atoms with E-state index in [1.54, 1.807) is 30.3 Å². The van der Waals surface area contributed by atoms with Crippen LogP contribution in [0.1, 0.15) is 28.9 Å². The molecular formula is C19H18F2N2O4. The smallest absolute Gasteiger partial charge is 0.325 e. The molecule has 2 N–H and O–H groups in total. The molecule has 0 bridgehead atoms. The van der Waals surface area contributed by atoms with Gasteiger partial charge in [0.2, 0.25) is 0 Å². The minimum atomic E-state index is -0.796. The third kappa shape index (κ3) is 6.18. The number of halogens is 2. The summed E-state index contributed by atoms with van der Waals surface area (Å²) in [6, 6.07) is 10.6. The first-order valence-electron chi connectivity index (χ1n) is 8.10. The number of ether oxygens (including phenoxy) is 1. The van der Waals surface area contributed by atoms with Crippen LogP contribution in [0.5, 0.6) is 0 Å². The van der Waals surface area contributed by atoms with Crippen LogP contribution < -0.4 is 10.6 Å². The lowest BCUT2D eigenvalue weighted by molar-refractivity contribution is -0.147. The molecule has 0 aliphatic heterocycles. The summed E-state index contributed by atoms with van der Waals surface area (Å²) < 4.78 is 31.3. The second-order valence-electron chi connectivity index (χ2n) is 5.66. The number of carbonyl (C=O) groups excluding carboxylic acids is 3. The van der Waals surface area contributed by atoms with Gasteiger partial charge in [-0.05, 0) is 25.1 Å². The average molecular weight is 376 g/mol. The van der Waals surface area contributed by atoms with Gasteiger partial charge in [0.05, 0.1) is 6.04 Å². The van der Waals surface area contributed by atoms with Crippen LogP contribution >= 0.6 is 0 Å². The van der Waals surface area contributed by atoms with E-state index in [0.717, 1.165) is 6.07 Å². The number of benzene rings is 2. The normalized spacial score (nSPS) is 11.4. The number of hydrogen-bond donors (Lipinski definition) is 2. The third-order valence-corrected chi connectivity index (χ3v) is 3.60. The predicted octanol–water partition coefficient (Wildman–Crippen LogP) is 2.12. The maximum Gasteiger partial charge on any atom is 0.325 e. The van der Waals surface area contributed by atoms with Crippen molar-refractivity contribution in [3.63, 3.8) is 0 Å². The van der Waals surface area contributed by atoms with Gasteiger partial charge in [-0.25, -0.2) is 8.78 Å². The quantitative estimate of drug-likeness (QED) is 0.725. The third-order valence-electron chi connectivity index (χ3n) is 3.60. The summed E-state index contributed by atoms with van der Waals surface area (Å²) in [7, 11) is 0. The Hall–Kier alpha value is -3.29. The van der Waals surface area contributed by atoms with Gasteiger partial charge in [0, 0.05) is 17.2 Å². The van der Waals surface area contributed by atoms with E-state index in [2.05, 4.69) is 10.6 Å². The van der Waals surface area contributed by atoms with E-state index in [0.29, 0.717) is 11.6 Å². The number of amides is 2. The van der Waals surface area contributed by atoms with Gasteiger partial charge in [0.25, 0.3) is 11.8 Å². The fraction of sp³-hybridized carbons (Fsp3) is 0.211. The van der Waals surface area contributed by atoms with Gasteiger partial charge in [0.15, 0.2) is 6.61 Å². The van der Waals surface area contributed by atoms with E-state index in [1.165, 1.54) is 13.0 Å². The van der Waals surface area contributed by atoms with Crippen molar-refractivity contribution in [3.05, 3.63) is 71.3 Å². The monoisotopic (exact) mass is 376 g/mol. The van der Waals surface area contributed by atoms with Gasteiger partial charge in [-0.1, -0.05) is 24.3 Å². The van der Waals surface area contributed by atoms with Crippen molar-refractivity contribution in [3.8, 4) is 0 Å². The lowest BCUT2D eigenvalue weighted by Gasteiger charge is -2.15. The van der Waals surface area contributed by atoms with Crippen LogP contribution in [-0.4, -0.2) is 30.9 Å². The van der Waals surface area contributed by atoms with E-state index >= 15 is 0 Å². The molecule has 0 aliphatic rings. The second-order valence-corrected chi connectivity index (χ2v) is 5.66. The number of carbonyl (C=O) groups is 3. The van der Waals surface area contributed by atoms with E-state index in [-0.39, 0.29) is 5.56 Å². The molecule has 2 rings (SSSR count). The Morgan fingerprint density at radius 3 is 2.44 bits per heavy atom. The summed E-state index contributed by atoms with van der Waals surface area (Å²) >= 11 is 0. The first-order valence-corrected chi connectivity index (χ1v) is 8.10. The number of rotatable bonds is 7. The second kappa shape index (κ2) is 9.42. The summed E-state index contributed by atoms with van der Waals surface area (Å²) in [6.07, 6.45) is 0. The van der Waals surface area contributed by atoms with Crippen LogP contribution in [0.4, 0.5) is 8.78 Å². The molecule has 0 spiro atoms. The molecule has 0 aliphatic carbocycles. The molecule has 6 nitrogen and oxygen atoms in total. The van der Waals surface area contributed by atoms with Gasteiger partial charge in [-0.2, -0.15) is 0 Å². The molecule has 27 heavy (non-hydrogen) atoms. The van der Waals surface area contributed by atoms with Gasteiger partial charge < -0.3 is 15.4 Å². The highest BCUT2D eigenvalue weighted by Gasteiger charge is 2.16. The zero-order valence-electron chi connectivity index (χ0n) is 14.5. The lowest BCUT2D eigenvalue weighted by atomic mass is 10.1. The van der Waals surface area contributed by atoms with E-state index < -0.39 is 48.6 Å². The molecular weight excluding hydrogens is 358 g/mol. The number of hydrogen-bond acceptors (Lipinski definition) is 4. The molecule has 2 amide bonds. The van der Waals surface area contributed by atoms with Crippen LogP contribution in [0.3, 0.4) is 0 Å². The summed E-state index contributed by atoms with van der Waals surface area (Å²) in [4.78, 5) is 35.2. The zero-order chi connectivity index (χ0) is 19.8. The SMILES string of the molecule is C[C@H](NC(=O)COC(=O)CNC(=O)c1ccccc1)c1ccc(F)cc1F. The molecule has 142 valence electrons. The van der Waals surface area contributed by atoms with Crippen molar-refractivity contribution < 1.29 is 27.9 Å². The van der Waals surface area contributed by atoms with E-state index in [1.807, 2.05) is 0 Å². The summed E-state index contributed by atoms with van der Waals surface area (Å²) in [6.45, 7) is 0.520. The van der Waals surface area contributed by atoms with Gasteiger partial charge in [-0.3, -0.25) is 14.4 Å². The fourth-order valence-electron chi connectivity index (χ4n) is 2.25. The topological polar surface area (TPSA) is 84.5 Å². The molecule has 0 saturated carbocycles. The predicted molar refractivity (Wildman–Crippen MR) is 92.6 cm³/mol. The van der Waals surface area contributed by atoms with E-state index in [9.17, 15) is 23.2 Å². The van der Waals surface area contributed by atoms with Crippen LogP contribution in [-0.2, 0) is 14.3 Å². The van der Waals surface area contributed by atoms with Crippen LogP contribution in [0.2, 0.25) is 0 Å². The molecule has 2 aromatic carbocycles. The Balaban J connectivity index is 1.74. The minimum absolute atomic E-state index is 0.103. The molecule has 2 aromatic rings. The van der Waals surface area contributed by atoms with Crippen LogP contribution in [0.25, 0.3) is 0 Å². The average Bonchev–Trinajstić information content (AvgIpc) is 2.65. The molecule has 0 heterocycles. The number of esters is 1. The first-order chi connectivity index (χ1) is 12.9.